The van der Waals surface area contributed by atoms with Crippen LogP contribution in [0.1, 0.15) is 16.8 Å². The van der Waals surface area contributed by atoms with E-state index in [0.717, 1.165) is 0 Å². The van der Waals surface area contributed by atoms with Crippen molar-refractivity contribution in [1.29, 1.82) is 0 Å². The molecule has 0 aromatic heterocycles. The van der Waals surface area contributed by atoms with Crippen LogP contribution in [0.2, 0.25) is 0 Å². The molecule has 3 N–H and O–H groups in total. The lowest BCUT2D eigenvalue weighted by Crippen LogP contribution is -2.54. The van der Waals surface area contributed by atoms with E-state index in [-0.39, 0.29) is 22.8 Å². The Bertz CT molecular complexity index is 792. The van der Waals surface area contributed by atoms with E-state index in [1.54, 1.807) is 0 Å². The van der Waals surface area contributed by atoms with Gasteiger partial charge in [-0.2, -0.15) is 16.5 Å². The molecule has 2 rings (SSSR count). The van der Waals surface area contributed by atoms with E-state index in [9.17, 15) is 23.1 Å². The summed E-state index contributed by atoms with van der Waals surface area (Å²) in [5, 5.41) is 11.9. The third-order valence-corrected chi connectivity index (χ3v) is 6.14. The average Bonchev–Trinajstić information content (AvgIpc) is 3.03. The summed E-state index contributed by atoms with van der Waals surface area (Å²) >= 11 is 1.44. The highest BCUT2D eigenvalue weighted by Crippen LogP contribution is 2.28. The van der Waals surface area contributed by atoms with Gasteiger partial charge in [-0.3, -0.25) is 4.79 Å². The maximum Gasteiger partial charge on any atom is 0.330 e. The Kier molecular flexibility index (Phi) is 5.54. The van der Waals surface area contributed by atoms with E-state index in [0.29, 0.717) is 12.2 Å². The fraction of sp³-hybridized carbons (Fsp3) is 0.333. The van der Waals surface area contributed by atoms with Gasteiger partial charge in [0, 0.05) is 11.3 Å². The number of hydrogen-bond donors (Lipinski definition) is 3. The summed E-state index contributed by atoms with van der Waals surface area (Å²) in [5.41, 5.74) is -1.26. The lowest BCUT2D eigenvalue weighted by Gasteiger charge is -2.24. The second-order valence-corrected chi connectivity index (χ2v) is 8.07. The van der Waals surface area contributed by atoms with Crippen LogP contribution in [0, 0.1) is 12.3 Å². The minimum Gasteiger partial charge on any atom is -0.479 e. The Morgan fingerprint density at radius 2 is 2.17 bits per heavy atom. The van der Waals surface area contributed by atoms with Crippen molar-refractivity contribution in [2.75, 3.05) is 18.1 Å². The van der Waals surface area contributed by atoms with Gasteiger partial charge in [-0.15, -0.1) is 6.42 Å². The van der Waals surface area contributed by atoms with Crippen LogP contribution in [0.3, 0.4) is 0 Å². The van der Waals surface area contributed by atoms with E-state index >= 15 is 0 Å². The number of nitrogens with one attached hydrogen (secondary N) is 2. The third kappa shape index (κ3) is 3.90. The van der Waals surface area contributed by atoms with Crippen LogP contribution in [0.25, 0.3) is 0 Å². The number of thioether (sulfide) groups is 1. The van der Waals surface area contributed by atoms with Crippen molar-refractivity contribution in [3.8, 4) is 12.3 Å². The van der Waals surface area contributed by atoms with Crippen molar-refractivity contribution in [1.82, 2.24) is 10.0 Å². The largest absolute Gasteiger partial charge is 0.479 e. The van der Waals surface area contributed by atoms with Crippen LogP contribution >= 0.6 is 11.8 Å². The summed E-state index contributed by atoms with van der Waals surface area (Å²) in [7, 11) is -3.83. The number of rotatable bonds is 6. The predicted molar refractivity (Wildman–Crippen MR) is 90.2 cm³/mol. The van der Waals surface area contributed by atoms with Gasteiger partial charge in [-0.05, 0) is 30.4 Å². The Balaban J connectivity index is 2.24. The molecule has 1 aromatic carbocycles. The molecule has 0 spiro atoms. The van der Waals surface area contributed by atoms with Crippen LogP contribution in [0.15, 0.2) is 29.2 Å². The van der Waals surface area contributed by atoms with Crippen LogP contribution in [0.5, 0.6) is 0 Å². The lowest BCUT2D eigenvalue weighted by molar-refractivity contribution is -0.143. The molecule has 0 radical (unpaired) electrons. The summed E-state index contributed by atoms with van der Waals surface area (Å²) in [4.78, 5) is 23.7. The van der Waals surface area contributed by atoms with Gasteiger partial charge < -0.3 is 10.4 Å². The number of carbonyl (C=O) groups is 2. The number of hydrogen-bond acceptors (Lipinski definition) is 5. The van der Waals surface area contributed by atoms with Gasteiger partial charge >= 0.3 is 5.97 Å². The number of aliphatic carboxylic acids is 1. The number of carboxylic acids is 1. The Hall–Kier alpha value is -2.02. The first kappa shape index (κ1) is 18.3. The minimum absolute atomic E-state index is 0.0658. The Morgan fingerprint density at radius 3 is 2.75 bits per heavy atom. The molecule has 0 saturated carbocycles. The maximum absolute atomic E-state index is 12.4. The molecule has 1 fully saturated rings. The third-order valence-electron chi connectivity index (χ3n) is 3.55. The fourth-order valence-electron chi connectivity index (χ4n) is 2.20. The molecule has 9 heteroatoms. The highest BCUT2D eigenvalue weighted by molar-refractivity contribution is 7.99. The molecule has 24 heavy (non-hydrogen) atoms. The van der Waals surface area contributed by atoms with E-state index in [4.69, 9.17) is 6.42 Å². The number of carboxylic acid groups (broad SMARTS) is 1. The Morgan fingerprint density at radius 1 is 1.42 bits per heavy atom. The zero-order chi connectivity index (χ0) is 17.8. The average molecular weight is 368 g/mol. The quantitative estimate of drug-likeness (QED) is 0.622. The van der Waals surface area contributed by atoms with Crippen molar-refractivity contribution >= 4 is 33.7 Å². The number of terminal acetylenes is 1. The van der Waals surface area contributed by atoms with Gasteiger partial charge in [0.05, 0.1) is 11.4 Å². The van der Waals surface area contributed by atoms with Crippen LogP contribution in [-0.4, -0.2) is 49.0 Å². The van der Waals surface area contributed by atoms with Crippen molar-refractivity contribution in [2.45, 2.75) is 16.9 Å². The van der Waals surface area contributed by atoms with Crippen LogP contribution < -0.4 is 10.0 Å². The first-order valence-corrected chi connectivity index (χ1v) is 9.61. The zero-order valence-electron chi connectivity index (χ0n) is 12.6. The summed E-state index contributed by atoms with van der Waals surface area (Å²) in [6.45, 7) is -0.169. The van der Waals surface area contributed by atoms with Gasteiger partial charge in [0.25, 0.3) is 5.91 Å². The molecule has 7 nitrogen and oxygen atoms in total. The topological polar surface area (TPSA) is 113 Å². The molecule has 1 aromatic rings. The molecule has 0 bridgehead atoms. The minimum atomic E-state index is -3.83. The zero-order valence-corrected chi connectivity index (χ0v) is 14.2. The smallest absolute Gasteiger partial charge is 0.330 e. The van der Waals surface area contributed by atoms with Crippen molar-refractivity contribution in [2.24, 2.45) is 0 Å². The normalized spacial score (nSPS) is 20.3. The van der Waals surface area contributed by atoms with Crippen molar-refractivity contribution in [3.05, 3.63) is 29.8 Å². The van der Waals surface area contributed by atoms with Crippen molar-refractivity contribution < 1.29 is 23.1 Å². The molecule has 1 aliphatic heterocycles. The lowest BCUT2D eigenvalue weighted by atomic mass is 9.98. The summed E-state index contributed by atoms with van der Waals surface area (Å²) in [6, 6.07) is 5.35. The van der Waals surface area contributed by atoms with E-state index in [1.165, 1.54) is 36.0 Å². The molecule has 1 amide bonds. The Labute approximate surface area is 144 Å². The summed E-state index contributed by atoms with van der Waals surface area (Å²) < 4.78 is 26.3. The second kappa shape index (κ2) is 7.25. The van der Waals surface area contributed by atoms with Crippen LogP contribution in [0.4, 0.5) is 0 Å². The number of carbonyl (C=O) groups excluding carboxylic acids is 1. The molecular weight excluding hydrogens is 352 g/mol. The molecule has 1 heterocycles. The van der Waals surface area contributed by atoms with Gasteiger partial charge in [-0.1, -0.05) is 12.0 Å². The molecule has 1 unspecified atom stereocenters. The van der Waals surface area contributed by atoms with E-state index < -0.39 is 27.4 Å². The standard InChI is InChI=1S/C15H16N2O5S2/c1-2-7-16-24(21,22)12-5-3-4-11(9-12)13(18)17-15(14(19)20)6-8-23-10-15/h1,3-5,9,16H,6-8,10H2,(H,17,18)(H,19,20). The highest BCUT2D eigenvalue weighted by Gasteiger charge is 2.43. The predicted octanol–water partition coefficient (Wildman–Crippen LogP) is 0.288. The van der Waals surface area contributed by atoms with Gasteiger partial charge in [0.1, 0.15) is 5.54 Å². The number of sulfonamides is 1. The molecule has 128 valence electrons. The second-order valence-electron chi connectivity index (χ2n) is 5.20. The van der Waals surface area contributed by atoms with Crippen LogP contribution in [-0.2, 0) is 14.8 Å². The number of benzene rings is 1. The van der Waals surface area contributed by atoms with Gasteiger partial charge in [-0.25, -0.2) is 13.2 Å². The first-order chi connectivity index (χ1) is 11.3. The number of amides is 1. The molecular formula is C15H16N2O5S2. The maximum atomic E-state index is 12.4. The summed E-state index contributed by atoms with van der Waals surface area (Å²) in [6.07, 6.45) is 5.35. The van der Waals surface area contributed by atoms with E-state index in [1.807, 2.05) is 0 Å². The van der Waals surface area contributed by atoms with E-state index in [2.05, 4.69) is 16.0 Å². The molecule has 1 aliphatic rings. The SMILES string of the molecule is C#CCNS(=O)(=O)c1cccc(C(=O)NC2(C(=O)O)CCSC2)c1. The van der Waals surface area contributed by atoms with Gasteiger partial charge in [0.15, 0.2) is 0 Å². The first-order valence-electron chi connectivity index (χ1n) is 6.98. The molecule has 0 aliphatic carbocycles. The molecule has 1 saturated heterocycles. The van der Waals surface area contributed by atoms with Gasteiger partial charge in [0.2, 0.25) is 10.0 Å². The highest BCUT2D eigenvalue weighted by atomic mass is 32.2. The summed E-state index contributed by atoms with van der Waals surface area (Å²) in [5.74, 6) is 1.34. The molecule has 1 atom stereocenters. The fourth-order valence-corrected chi connectivity index (χ4v) is 4.51. The monoisotopic (exact) mass is 368 g/mol. The van der Waals surface area contributed by atoms with Crippen molar-refractivity contribution in [3.63, 3.8) is 0 Å².